The van der Waals surface area contributed by atoms with Crippen molar-refractivity contribution in [2.75, 3.05) is 25.6 Å². The Morgan fingerprint density at radius 2 is 2.17 bits per heavy atom. The fourth-order valence-corrected chi connectivity index (χ4v) is 1.19. The summed E-state index contributed by atoms with van der Waals surface area (Å²) < 4.78 is 24.0. The Balaban J connectivity index is 2.58. The zero-order valence-electron chi connectivity index (χ0n) is 11.3. The Bertz CT molecular complexity index is 386. The van der Waals surface area contributed by atoms with Crippen molar-refractivity contribution in [2.24, 2.45) is 0 Å². The van der Waals surface area contributed by atoms with Gasteiger partial charge in [-0.25, -0.2) is 4.98 Å². The van der Waals surface area contributed by atoms with Gasteiger partial charge in [-0.05, 0) is 20.8 Å². The molecule has 5 nitrogen and oxygen atoms in total. The second kappa shape index (κ2) is 6.49. The summed E-state index contributed by atoms with van der Waals surface area (Å²) in [4.78, 5) is 7.75. The van der Waals surface area contributed by atoms with Gasteiger partial charge in [-0.15, -0.1) is 0 Å². The lowest BCUT2D eigenvalue weighted by molar-refractivity contribution is 0.00473. The van der Waals surface area contributed by atoms with Crippen molar-refractivity contribution in [1.29, 1.82) is 0 Å². The molecule has 0 spiro atoms. The Morgan fingerprint density at radius 1 is 1.44 bits per heavy atom. The molecule has 0 aromatic carbocycles. The molecule has 0 unspecified atom stereocenters. The maximum atomic E-state index is 13.4. The lowest BCUT2D eigenvalue weighted by Crippen LogP contribution is -2.25. The second-order valence-electron chi connectivity index (χ2n) is 4.44. The maximum Gasteiger partial charge on any atom is 0.255 e. The van der Waals surface area contributed by atoms with Gasteiger partial charge < -0.3 is 14.8 Å². The zero-order chi connectivity index (χ0) is 13.6. The van der Waals surface area contributed by atoms with Crippen LogP contribution < -0.4 is 10.1 Å². The number of nitrogens with zero attached hydrogens (tertiary/aromatic N) is 2. The van der Waals surface area contributed by atoms with Crippen molar-refractivity contribution < 1.29 is 13.9 Å². The van der Waals surface area contributed by atoms with E-state index in [-0.39, 0.29) is 11.5 Å². The van der Waals surface area contributed by atoms with E-state index < -0.39 is 5.82 Å². The highest BCUT2D eigenvalue weighted by Gasteiger charge is 2.17. The monoisotopic (exact) mass is 257 g/mol. The van der Waals surface area contributed by atoms with Crippen LogP contribution in [0.5, 0.6) is 5.88 Å². The predicted molar refractivity (Wildman–Crippen MR) is 67.4 cm³/mol. The van der Waals surface area contributed by atoms with Crippen molar-refractivity contribution >= 4 is 5.95 Å². The standard InChI is InChI=1S/C12H20FN3O2/c1-5-14-11-15-8-9(13)10(16-11)18-7-6-12(2,3)17-4/h8H,5-7H2,1-4H3,(H,14,15,16). The molecule has 0 aliphatic carbocycles. The summed E-state index contributed by atoms with van der Waals surface area (Å²) in [6.07, 6.45) is 1.74. The van der Waals surface area contributed by atoms with E-state index in [0.717, 1.165) is 6.20 Å². The summed E-state index contributed by atoms with van der Waals surface area (Å²) in [5, 5.41) is 2.90. The minimum atomic E-state index is -0.563. The number of methoxy groups -OCH3 is 1. The summed E-state index contributed by atoms with van der Waals surface area (Å²) in [6.45, 7) is 6.80. The molecule has 102 valence electrons. The van der Waals surface area contributed by atoms with Crippen LogP contribution in [-0.2, 0) is 4.74 Å². The Labute approximate surface area is 107 Å². The molecule has 1 aromatic rings. The molecule has 0 atom stereocenters. The number of anilines is 1. The number of halogens is 1. The van der Waals surface area contributed by atoms with E-state index >= 15 is 0 Å². The highest BCUT2D eigenvalue weighted by Crippen LogP contribution is 2.17. The van der Waals surface area contributed by atoms with Gasteiger partial charge in [0.2, 0.25) is 11.8 Å². The first-order chi connectivity index (χ1) is 8.48. The third-order valence-corrected chi connectivity index (χ3v) is 2.54. The first-order valence-electron chi connectivity index (χ1n) is 5.93. The molecule has 1 N–H and O–H groups in total. The molecule has 0 amide bonds. The molecule has 6 heteroatoms. The first kappa shape index (κ1) is 14.6. The summed E-state index contributed by atoms with van der Waals surface area (Å²) in [5.41, 5.74) is -0.298. The van der Waals surface area contributed by atoms with Crippen LogP contribution in [0, 0.1) is 5.82 Å². The number of nitrogens with one attached hydrogen (secondary N) is 1. The van der Waals surface area contributed by atoms with Gasteiger partial charge in [0.15, 0.2) is 0 Å². The molecule has 0 saturated carbocycles. The minimum Gasteiger partial charge on any atom is -0.475 e. The van der Waals surface area contributed by atoms with Gasteiger partial charge in [-0.1, -0.05) is 0 Å². The van der Waals surface area contributed by atoms with E-state index in [1.807, 2.05) is 20.8 Å². The van der Waals surface area contributed by atoms with Gasteiger partial charge in [-0.2, -0.15) is 9.37 Å². The van der Waals surface area contributed by atoms with Crippen molar-refractivity contribution in [3.63, 3.8) is 0 Å². The molecule has 0 saturated heterocycles. The van der Waals surface area contributed by atoms with Gasteiger partial charge in [0.1, 0.15) is 0 Å². The van der Waals surface area contributed by atoms with Crippen molar-refractivity contribution in [1.82, 2.24) is 9.97 Å². The van der Waals surface area contributed by atoms with Crippen LogP contribution in [0.1, 0.15) is 27.2 Å². The van der Waals surface area contributed by atoms with E-state index in [2.05, 4.69) is 15.3 Å². The Kier molecular flexibility index (Phi) is 5.27. The number of hydrogen-bond donors (Lipinski definition) is 1. The topological polar surface area (TPSA) is 56.3 Å². The third kappa shape index (κ3) is 4.44. The summed E-state index contributed by atoms with van der Waals surface area (Å²) in [5.74, 6) is -0.236. The molecular formula is C12H20FN3O2. The fourth-order valence-electron chi connectivity index (χ4n) is 1.19. The summed E-state index contributed by atoms with van der Waals surface area (Å²) in [6, 6.07) is 0. The molecule has 0 fully saturated rings. The van der Waals surface area contributed by atoms with E-state index in [1.54, 1.807) is 7.11 Å². The van der Waals surface area contributed by atoms with Gasteiger partial charge in [-0.3, -0.25) is 0 Å². The smallest absolute Gasteiger partial charge is 0.255 e. The van der Waals surface area contributed by atoms with E-state index in [1.165, 1.54) is 0 Å². The molecule has 0 bridgehead atoms. The van der Waals surface area contributed by atoms with E-state index in [4.69, 9.17) is 9.47 Å². The highest BCUT2D eigenvalue weighted by atomic mass is 19.1. The lowest BCUT2D eigenvalue weighted by Gasteiger charge is -2.22. The molecule has 1 heterocycles. The van der Waals surface area contributed by atoms with Crippen LogP contribution in [0.4, 0.5) is 10.3 Å². The van der Waals surface area contributed by atoms with Crippen LogP contribution >= 0.6 is 0 Å². The zero-order valence-corrected chi connectivity index (χ0v) is 11.3. The van der Waals surface area contributed by atoms with Gasteiger partial charge in [0, 0.05) is 20.1 Å². The molecule has 0 aliphatic rings. The Hall–Kier alpha value is -1.43. The quantitative estimate of drug-likeness (QED) is 0.811. The number of aromatic nitrogens is 2. The average Bonchev–Trinajstić information content (AvgIpc) is 2.33. The van der Waals surface area contributed by atoms with Crippen LogP contribution in [0.25, 0.3) is 0 Å². The molecule has 0 aliphatic heterocycles. The molecule has 1 rings (SSSR count). The molecule has 0 radical (unpaired) electrons. The van der Waals surface area contributed by atoms with Gasteiger partial charge in [0.25, 0.3) is 5.88 Å². The largest absolute Gasteiger partial charge is 0.475 e. The first-order valence-corrected chi connectivity index (χ1v) is 5.93. The van der Waals surface area contributed by atoms with Crippen LogP contribution in [-0.4, -0.2) is 35.8 Å². The molecule has 18 heavy (non-hydrogen) atoms. The van der Waals surface area contributed by atoms with Gasteiger partial charge in [0.05, 0.1) is 18.4 Å². The minimum absolute atomic E-state index is 0.0344. The van der Waals surface area contributed by atoms with Crippen LogP contribution in [0.15, 0.2) is 6.20 Å². The normalized spacial score (nSPS) is 11.4. The summed E-state index contributed by atoms with van der Waals surface area (Å²) in [7, 11) is 1.63. The van der Waals surface area contributed by atoms with Crippen molar-refractivity contribution in [2.45, 2.75) is 32.8 Å². The Morgan fingerprint density at radius 3 is 2.78 bits per heavy atom. The van der Waals surface area contributed by atoms with Gasteiger partial charge >= 0.3 is 0 Å². The summed E-state index contributed by atoms with van der Waals surface area (Å²) >= 11 is 0. The number of hydrogen-bond acceptors (Lipinski definition) is 5. The predicted octanol–water partition coefficient (Wildman–Crippen LogP) is 2.24. The molecular weight excluding hydrogens is 237 g/mol. The van der Waals surface area contributed by atoms with Crippen molar-refractivity contribution in [3.05, 3.63) is 12.0 Å². The van der Waals surface area contributed by atoms with Crippen molar-refractivity contribution in [3.8, 4) is 5.88 Å². The SMILES string of the molecule is CCNc1ncc(F)c(OCCC(C)(C)OC)n1. The van der Waals surface area contributed by atoms with E-state index in [0.29, 0.717) is 25.5 Å². The molecule has 1 aromatic heterocycles. The number of rotatable bonds is 7. The van der Waals surface area contributed by atoms with Crippen LogP contribution in [0.2, 0.25) is 0 Å². The second-order valence-corrected chi connectivity index (χ2v) is 4.44. The fraction of sp³-hybridized carbons (Fsp3) is 0.667. The van der Waals surface area contributed by atoms with Crippen LogP contribution in [0.3, 0.4) is 0 Å². The lowest BCUT2D eigenvalue weighted by atomic mass is 10.1. The van der Waals surface area contributed by atoms with E-state index in [9.17, 15) is 4.39 Å². The average molecular weight is 257 g/mol. The maximum absolute atomic E-state index is 13.4. The number of ether oxygens (including phenoxy) is 2. The third-order valence-electron chi connectivity index (χ3n) is 2.54. The highest BCUT2D eigenvalue weighted by molar-refractivity contribution is 5.27.